The average Bonchev–Trinajstić information content (AvgIpc) is 2.30. The molecular formula is C13H16BrNO3. The molecule has 1 N–H and O–H groups in total. The summed E-state index contributed by atoms with van der Waals surface area (Å²) in [5.74, 6) is -0.681. The third kappa shape index (κ3) is 4.14. The fourth-order valence-electron chi connectivity index (χ4n) is 1.49. The molecule has 1 rings (SSSR count). The molecule has 0 heterocycles. The van der Waals surface area contributed by atoms with Crippen LogP contribution in [0.2, 0.25) is 0 Å². The standard InChI is InChI=1S/C13H16BrNO3/c1-13(2,12(17)18-3)15-11(16)8-9-4-6-10(14)7-5-9/h4-7H,8H2,1-3H3,(H,15,16). The first-order chi connectivity index (χ1) is 8.35. The molecule has 1 amide bonds. The highest BCUT2D eigenvalue weighted by molar-refractivity contribution is 9.10. The number of carbonyl (C=O) groups excluding carboxylic acids is 2. The molecule has 0 radical (unpaired) electrons. The van der Waals surface area contributed by atoms with Crippen molar-refractivity contribution in [3.05, 3.63) is 34.3 Å². The fraction of sp³-hybridized carbons (Fsp3) is 0.385. The van der Waals surface area contributed by atoms with Gasteiger partial charge in [-0.05, 0) is 31.5 Å². The summed E-state index contributed by atoms with van der Waals surface area (Å²) in [6, 6.07) is 7.45. The van der Waals surface area contributed by atoms with Crippen LogP contribution in [0.5, 0.6) is 0 Å². The van der Waals surface area contributed by atoms with Gasteiger partial charge < -0.3 is 10.1 Å². The molecule has 4 nitrogen and oxygen atoms in total. The molecule has 0 aliphatic rings. The van der Waals surface area contributed by atoms with E-state index in [1.165, 1.54) is 7.11 Å². The van der Waals surface area contributed by atoms with Crippen molar-refractivity contribution in [3.63, 3.8) is 0 Å². The zero-order valence-electron chi connectivity index (χ0n) is 10.6. The van der Waals surface area contributed by atoms with Crippen LogP contribution in [-0.4, -0.2) is 24.5 Å². The van der Waals surface area contributed by atoms with Crippen molar-refractivity contribution < 1.29 is 14.3 Å². The lowest BCUT2D eigenvalue weighted by atomic mass is 10.0. The molecule has 0 unspecified atom stereocenters. The summed E-state index contributed by atoms with van der Waals surface area (Å²) in [4.78, 5) is 23.2. The van der Waals surface area contributed by atoms with Crippen molar-refractivity contribution in [1.82, 2.24) is 5.32 Å². The van der Waals surface area contributed by atoms with E-state index in [9.17, 15) is 9.59 Å². The lowest BCUT2D eigenvalue weighted by Gasteiger charge is -2.23. The number of hydrogen-bond donors (Lipinski definition) is 1. The number of hydrogen-bond acceptors (Lipinski definition) is 3. The first kappa shape index (κ1) is 14.7. The van der Waals surface area contributed by atoms with E-state index in [2.05, 4.69) is 26.0 Å². The van der Waals surface area contributed by atoms with Gasteiger partial charge >= 0.3 is 5.97 Å². The predicted octanol–water partition coefficient (Wildman–Crippen LogP) is 2.06. The summed E-state index contributed by atoms with van der Waals surface area (Å²) in [6.07, 6.45) is 0.230. The van der Waals surface area contributed by atoms with Gasteiger partial charge in [-0.1, -0.05) is 28.1 Å². The minimum absolute atomic E-state index is 0.215. The number of ether oxygens (including phenoxy) is 1. The highest BCUT2D eigenvalue weighted by Crippen LogP contribution is 2.11. The van der Waals surface area contributed by atoms with Crippen LogP contribution in [0, 0.1) is 0 Å². The second-order valence-electron chi connectivity index (χ2n) is 4.47. The molecule has 0 spiro atoms. The van der Waals surface area contributed by atoms with Gasteiger partial charge in [-0.15, -0.1) is 0 Å². The number of esters is 1. The van der Waals surface area contributed by atoms with Gasteiger partial charge in [0.1, 0.15) is 5.54 Å². The quantitative estimate of drug-likeness (QED) is 0.866. The number of rotatable bonds is 4. The van der Waals surface area contributed by atoms with Crippen LogP contribution >= 0.6 is 15.9 Å². The van der Waals surface area contributed by atoms with Crippen molar-refractivity contribution in [2.75, 3.05) is 7.11 Å². The molecule has 0 aromatic heterocycles. The number of amides is 1. The summed E-state index contributed by atoms with van der Waals surface area (Å²) < 4.78 is 5.58. The van der Waals surface area contributed by atoms with Gasteiger partial charge in [-0.3, -0.25) is 4.79 Å². The van der Waals surface area contributed by atoms with Crippen molar-refractivity contribution >= 4 is 27.8 Å². The Kier molecular flexibility index (Phi) is 4.90. The van der Waals surface area contributed by atoms with Crippen molar-refractivity contribution in [2.45, 2.75) is 25.8 Å². The first-order valence-electron chi connectivity index (χ1n) is 5.49. The van der Waals surface area contributed by atoms with Gasteiger partial charge in [0, 0.05) is 4.47 Å². The Morgan fingerprint density at radius 3 is 2.33 bits per heavy atom. The lowest BCUT2D eigenvalue weighted by molar-refractivity contribution is -0.149. The number of carbonyl (C=O) groups is 2. The highest BCUT2D eigenvalue weighted by Gasteiger charge is 2.30. The Balaban J connectivity index is 2.62. The van der Waals surface area contributed by atoms with E-state index < -0.39 is 11.5 Å². The Labute approximate surface area is 115 Å². The summed E-state index contributed by atoms with van der Waals surface area (Å²) >= 11 is 3.33. The lowest BCUT2D eigenvalue weighted by Crippen LogP contribution is -2.50. The second kappa shape index (κ2) is 6.00. The number of methoxy groups -OCH3 is 1. The number of benzene rings is 1. The van der Waals surface area contributed by atoms with Crippen LogP contribution in [0.1, 0.15) is 19.4 Å². The Hall–Kier alpha value is -1.36. The summed E-state index contributed by atoms with van der Waals surface area (Å²) in [7, 11) is 1.30. The monoisotopic (exact) mass is 313 g/mol. The van der Waals surface area contributed by atoms with Gasteiger partial charge in [-0.25, -0.2) is 4.79 Å². The normalized spacial score (nSPS) is 10.9. The highest BCUT2D eigenvalue weighted by atomic mass is 79.9. The fourth-order valence-corrected chi connectivity index (χ4v) is 1.75. The van der Waals surface area contributed by atoms with E-state index in [0.717, 1.165) is 10.0 Å². The Bertz CT molecular complexity index is 440. The topological polar surface area (TPSA) is 55.4 Å². The third-order valence-electron chi connectivity index (χ3n) is 2.43. The molecule has 5 heteroatoms. The van der Waals surface area contributed by atoms with Gasteiger partial charge in [0.2, 0.25) is 5.91 Å². The van der Waals surface area contributed by atoms with Crippen LogP contribution in [0.4, 0.5) is 0 Å². The summed E-state index contributed by atoms with van der Waals surface area (Å²) in [5.41, 5.74) is -0.127. The maximum absolute atomic E-state index is 11.8. The van der Waals surface area contributed by atoms with Crippen LogP contribution in [0.15, 0.2) is 28.7 Å². The molecular weight excluding hydrogens is 298 g/mol. The van der Waals surface area contributed by atoms with Gasteiger partial charge in [-0.2, -0.15) is 0 Å². The van der Waals surface area contributed by atoms with Crippen LogP contribution in [0.25, 0.3) is 0 Å². The van der Waals surface area contributed by atoms with Crippen molar-refractivity contribution in [2.24, 2.45) is 0 Å². The van der Waals surface area contributed by atoms with Gasteiger partial charge in [0.15, 0.2) is 0 Å². The van der Waals surface area contributed by atoms with E-state index in [1.807, 2.05) is 24.3 Å². The van der Waals surface area contributed by atoms with Crippen molar-refractivity contribution in [3.8, 4) is 0 Å². The molecule has 1 aromatic carbocycles. The van der Waals surface area contributed by atoms with E-state index in [1.54, 1.807) is 13.8 Å². The minimum atomic E-state index is -1.01. The van der Waals surface area contributed by atoms with Crippen LogP contribution in [0.3, 0.4) is 0 Å². The molecule has 0 aliphatic carbocycles. The maximum atomic E-state index is 11.8. The van der Waals surface area contributed by atoms with Crippen molar-refractivity contribution in [1.29, 1.82) is 0 Å². The molecule has 0 saturated heterocycles. The maximum Gasteiger partial charge on any atom is 0.330 e. The molecule has 0 aliphatic heterocycles. The second-order valence-corrected chi connectivity index (χ2v) is 5.38. The van der Waals surface area contributed by atoms with E-state index >= 15 is 0 Å². The number of nitrogens with one attached hydrogen (secondary N) is 1. The smallest absolute Gasteiger partial charge is 0.330 e. The molecule has 0 bridgehead atoms. The average molecular weight is 314 g/mol. The largest absolute Gasteiger partial charge is 0.467 e. The number of halogens is 1. The van der Waals surface area contributed by atoms with Gasteiger partial charge in [0.05, 0.1) is 13.5 Å². The van der Waals surface area contributed by atoms with E-state index in [-0.39, 0.29) is 12.3 Å². The van der Waals surface area contributed by atoms with Crippen LogP contribution in [-0.2, 0) is 20.7 Å². The van der Waals surface area contributed by atoms with E-state index in [4.69, 9.17) is 0 Å². The van der Waals surface area contributed by atoms with Gasteiger partial charge in [0.25, 0.3) is 0 Å². The van der Waals surface area contributed by atoms with E-state index in [0.29, 0.717) is 0 Å². The predicted molar refractivity (Wildman–Crippen MR) is 72.1 cm³/mol. The summed E-state index contributed by atoms with van der Waals surface area (Å²) in [6.45, 7) is 3.22. The SMILES string of the molecule is COC(=O)C(C)(C)NC(=O)Cc1ccc(Br)cc1. The third-order valence-corrected chi connectivity index (χ3v) is 2.95. The Morgan fingerprint density at radius 2 is 1.83 bits per heavy atom. The molecule has 0 saturated carbocycles. The zero-order chi connectivity index (χ0) is 13.8. The minimum Gasteiger partial charge on any atom is -0.467 e. The summed E-state index contributed by atoms with van der Waals surface area (Å²) in [5, 5.41) is 2.64. The molecule has 1 aromatic rings. The molecule has 18 heavy (non-hydrogen) atoms. The van der Waals surface area contributed by atoms with Crippen LogP contribution < -0.4 is 5.32 Å². The Morgan fingerprint density at radius 1 is 1.28 bits per heavy atom. The molecule has 98 valence electrons. The molecule has 0 atom stereocenters. The first-order valence-corrected chi connectivity index (χ1v) is 6.28. The molecule has 0 fully saturated rings. The zero-order valence-corrected chi connectivity index (χ0v) is 12.2.